The van der Waals surface area contributed by atoms with Crippen molar-refractivity contribution in [2.24, 2.45) is 0 Å². The molecule has 0 amide bonds. The molecule has 26 heavy (non-hydrogen) atoms. The third-order valence-electron chi connectivity index (χ3n) is 3.52. The Hall–Kier alpha value is -2.63. The van der Waals surface area contributed by atoms with Gasteiger partial charge in [-0.1, -0.05) is 64.8 Å². The molecule has 0 aliphatic heterocycles. The maximum Gasteiger partial charge on any atom is 0.331 e. The first-order valence-electron chi connectivity index (χ1n) is 7.83. The normalized spacial score (nSPS) is 11.0. The Balaban J connectivity index is 1.53. The molecule has 3 aromatic rings. The molecule has 0 fully saturated rings. The van der Waals surface area contributed by atoms with Crippen LogP contribution >= 0.6 is 23.2 Å². The van der Waals surface area contributed by atoms with Gasteiger partial charge in [-0.15, -0.1) is 5.10 Å². The Kier molecular flexibility index (Phi) is 6.04. The monoisotopic (exact) mass is 387 g/mol. The van der Waals surface area contributed by atoms with Crippen LogP contribution in [0.2, 0.25) is 10.0 Å². The molecule has 0 bridgehead atoms. The van der Waals surface area contributed by atoms with Crippen molar-refractivity contribution in [3.63, 3.8) is 0 Å². The van der Waals surface area contributed by atoms with Gasteiger partial charge in [0.15, 0.2) is 0 Å². The van der Waals surface area contributed by atoms with E-state index in [0.717, 1.165) is 5.56 Å². The molecule has 0 spiro atoms. The van der Waals surface area contributed by atoms with Crippen molar-refractivity contribution in [3.05, 3.63) is 87.7 Å². The van der Waals surface area contributed by atoms with E-state index in [1.807, 2.05) is 30.3 Å². The van der Waals surface area contributed by atoms with E-state index in [1.165, 1.54) is 6.08 Å². The van der Waals surface area contributed by atoms with Gasteiger partial charge in [-0.3, -0.25) is 0 Å². The van der Waals surface area contributed by atoms with Crippen molar-refractivity contribution in [3.8, 4) is 0 Å². The second-order valence-electron chi connectivity index (χ2n) is 5.50. The topological polar surface area (TPSA) is 57.0 Å². The van der Waals surface area contributed by atoms with Gasteiger partial charge < -0.3 is 4.74 Å². The summed E-state index contributed by atoms with van der Waals surface area (Å²) in [5.74, 6) is -0.492. The average molecular weight is 388 g/mol. The zero-order chi connectivity index (χ0) is 18.4. The first kappa shape index (κ1) is 18.2. The SMILES string of the molecule is O=C(/C=C/c1cn(Cc2ccccc2)nn1)OCc1ccc(Cl)cc1Cl. The Labute approximate surface area is 160 Å². The van der Waals surface area contributed by atoms with Crippen molar-refractivity contribution in [1.82, 2.24) is 15.0 Å². The van der Waals surface area contributed by atoms with Crippen LogP contribution in [0.15, 0.2) is 60.8 Å². The van der Waals surface area contributed by atoms with Crippen molar-refractivity contribution >= 4 is 35.2 Å². The van der Waals surface area contributed by atoms with Gasteiger partial charge in [-0.05, 0) is 23.8 Å². The number of hydrogen-bond donors (Lipinski definition) is 0. The summed E-state index contributed by atoms with van der Waals surface area (Å²) in [6.45, 7) is 0.682. The van der Waals surface area contributed by atoms with E-state index in [2.05, 4.69) is 10.3 Å². The van der Waals surface area contributed by atoms with Crippen LogP contribution in [0.3, 0.4) is 0 Å². The lowest BCUT2D eigenvalue weighted by atomic mass is 10.2. The van der Waals surface area contributed by atoms with Crippen LogP contribution in [0.5, 0.6) is 0 Å². The summed E-state index contributed by atoms with van der Waals surface area (Å²) in [5.41, 5.74) is 2.38. The van der Waals surface area contributed by atoms with Gasteiger partial charge in [0.25, 0.3) is 0 Å². The molecule has 5 nitrogen and oxygen atoms in total. The van der Waals surface area contributed by atoms with E-state index in [1.54, 1.807) is 35.2 Å². The largest absolute Gasteiger partial charge is 0.458 e. The summed E-state index contributed by atoms with van der Waals surface area (Å²) >= 11 is 11.9. The van der Waals surface area contributed by atoms with Gasteiger partial charge in [-0.25, -0.2) is 9.48 Å². The highest BCUT2D eigenvalue weighted by molar-refractivity contribution is 6.35. The van der Waals surface area contributed by atoms with Crippen molar-refractivity contribution in [2.45, 2.75) is 13.2 Å². The second-order valence-corrected chi connectivity index (χ2v) is 6.35. The van der Waals surface area contributed by atoms with Crippen molar-refractivity contribution in [2.75, 3.05) is 0 Å². The highest BCUT2D eigenvalue weighted by Crippen LogP contribution is 2.21. The number of halogens is 2. The minimum Gasteiger partial charge on any atom is -0.458 e. The lowest BCUT2D eigenvalue weighted by Gasteiger charge is -2.04. The maximum atomic E-state index is 11.8. The molecule has 0 atom stereocenters. The van der Waals surface area contributed by atoms with Gasteiger partial charge in [0, 0.05) is 21.7 Å². The third-order valence-corrected chi connectivity index (χ3v) is 4.11. The van der Waals surface area contributed by atoms with E-state index in [-0.39, 0.29) is 6.61 Å². The number of ether oxygens (including phenoxy) is 1. The minimum atomic E-state index is -0.492. The van der Waals surface area contributed by atoms with Gasteiger partial charge in [-0.2, -0.15) is 0 Å². The Morgan fingerprint density at radius 1 is 1.15 bits per heavy atom. The van der Waals surface area contributed by atoms with Gasteiger partial charge in [0.1, 0.15) is 12.3 Å². The molecule has 1 aromatic heterocycles. The molecular formula is C19H15Cl2N3O2. The summed E-state index contributed by atoms with van der Waals surface area (Å²) in [6.07, 6.45) is 4.62. The zero-order valence-electron chi connectivity index (χ0n) is 13.7. The molecule has 0 N–H and O–H groups in total. The molecule has 0 saturated carbocycles. The molecule has 1 heterocycles. The fourth-order valence-corrected chi connectivity index (χ4v) is 2.69. The molecule has 7 heteroatoms. The highest BCUT2D eigenvalue weighted by Gasteiger charge is 2.05. The number of carbonyl (C=O) groups excluding carboxylic acids is 1. The first-order valence-corrected chi connectivity index (χ1v) is 8.58. The fourth-order valence-electron chi connectivity index (χ4n) is 2.23. The number of rotatable bonds is 6. The Morgan fingerprint density at radius 2 is 1.96 bits per heavy atom. The summed E-state index contributed by atoms with van der Waals surface area (Å²) in [4.78, 5) is 11.8. The Bertz CT molecular complexity index is 924. The standard InChI is InChI=1S/C19H15Cl2N3O2/c20-16-7-6-15(18(21)10-16)13-26-19(25)9-8-17-12-24(23-22-17)11-14-4-2-1-3-5-14/h1-10,12H,11,13H2/b9-8+. The van der Waals surface area contributed by atoms with Crippen molar-refractivity contribution < 1.29 is 9.53 Å². The summed E-state index contributed by atoms with van der Waals surface area (Å²) in [5, 5.41) is 9.03. The van der Waals surface area contributed by atoms with E-state index in [0.29, 0.717) is 27.8 Å². The van der Waals surface area contributed by atoms with Gasteiger partial charge in [0.05, 0.1) is 12.7 Å². The summed E-state index contributed by atoms with van der Waals surface area (Å²) < 4.78 is 6.87. The molecule has 0 aliphatic rings. The fraction of sp³-hybridized carbons (Fsp3) is 0.105. The molecule has 0 unspecified atom stereocenters. The number of hydrogen-bond acceptors (Lipinski definition) is 4. The zero-order valence-corrected chi connectivity index (χ0v) is 15.2. The van der Waals surface area contributed by atoms with Crippen LogP contribution in [-0.4, -0.2) is 21.0 Å². The quantitative estimate of drug-likeness (QED) is 0.464. The second kappa shape index (κ2) is 8.65. The molecule has 0 saturated heterocycles. The van der Waals surface area contributed by atoms with E-state index < -0.39 is 5.97 Å². The van der Waals surface area contributed by atoms with Gasteiger partial charge >= 0.3 is 5.97 Å². The number of esters is 1. The Morgan fingerprint density at radius 3 is 2.73 bits per heavy atom. The first-order chi connectivity index (χ1) is 12.6. The van der Waals surface area contributed by atoms with Crippen LogP contribution in [-0.2, 0) is 22.7 Å². The van der Waals surface area contributed by atoms with E-state index in [4.69, 9.17) is 27.9 Å². The van der Waals surface area contributed by atoms with Crippen LogP contribution in [0, 0.1) is 0 Å². The third kappa shape index (κ3) is 5.18. The average Bonchev–Trinajstić information content (AvgIpc) is 3.07. The molecule has 3 rings (SSSR count). The number of carbonyl (C=O) groups is 1. The molecule has 0 radical (unpaired) electrons. The van der Waals surface area contributed by atoms with Crippen LogP contribution in [0.25, 0.3) is 6.08 Å². The molecule has 132 valence electrons. The molecule has 0 aliphatic carbocycles. The number of nitrogens with zero attached hydrogens (tertiary/aromatic N) is 3. The van der Waals surface area contributed by atoms with Gasteiger partial charge in [0.2, 0.25) is 0 Å². The summed E-state index contributed by atoms with van der Waals surface area (Å²) in [6, 6.07) is 14.9. The maximum absolute atomic E-state index is 11.8. The summed E-state index contributed by atoms with van der Waals surface area (Å²) in [7, 11) is 0. The predicted molar refractivity (Wildman–Crippen MR) is 101 cm³/mol. The number of benzene rings is 2. The lowest BCUT2D eigenvalue weighted by Crippen LogP contribution is -2.01. The molecular weight excluding hydrogens is 373 g/mol. The van der Waals surface area contributed by atoms with E-state index >= 15 is 0 Å². The molecule has 2 aromatic carbocycles. The van der Waals surface area contributed by atoms with Crippen LogP contribution < -0.4 is 0 Å². The van der Waals surface area contributed by atoms with Crippen LogP contribution in [0.4, 0.5) is 0 Å². The lowest BCUT2D eigenvalue weighted by molar-refractivity contribution is -0.138. The highest BCUT2D eigenvalue weighted by atomic mass is 35.5. The van der Waals surface area contributed by atoms with Crippen molar-refractivity contribution in [1.29, 1.82) is 0 Å². The smallest absolute Gasteiger partial charge is 0.331 e. The number of aromatic nitrogens is 3. The van der Waals surface area contributed by atoms with E-state index in [9.17, 15) is 4.79 Å². The van der Waals surface area contributed by atoms with Crippen LogP contribution in [0.1, 0.15) is 16.8 Å². The predicted octanol–water partition coefficient (Wildman–Crippen LogP) is 4.39. The minimum absolute atomic E-state index is 0.0693.